The molecule has 6 heteroatoms. The first-order chi connectivity index (χ1) is 56.5. The van der Waals surface area contributed by atoms with Gasteiger partial charge in [-0.3, -0.25) is 0 Å². The summed E-state index contributed by atoms with van der Waals surface area (Å²) >= 11 is 1.88. The van der Waals surface area contributed by atoms with Gasteiger partial charge in [0, 0.05) is 96.8 Å². The first kappa shape index (κ1) is 65.1. The fourth-order valence-corrected chi connectivity index (χ4v) is 19.3. The van der Waals surface area contributed by atoms with Crippen LogP contribution in [0.1, 0.15) is 0 Å². The van der Waals surface area contributed by atoms with Gasteiger partial charge in [-0.25, -0.2) is 0 Å². The molecule has 5 nitrogen and oxygen atoms in total. The van der Waals surface area contributed by atoms with Crippen molar-refractivity contribution in [3.8, 4) is 89.5 Å². The van der Waals surface area contributed by atoms with Crippen molar-refractivity contribution >= 4 is 141 Å². The summed E-state index contributed by atoms with van der Waals surface area (Å²) in [5.41, 5.74) is 30.6. The molecule has 0 N–H and O–H groups in total. The van der Waals surface area contributed by atoms with E-state index in [1.165, 1.54) is 174 Å². The Hall–Kier alpha value is -14.8. The topological polar surface area (TPSA) is 32.9 Å². The number of benzene rings is 18. The van der Waals surface area contributed by atoms with Gasteiger partial charge < -0.3 is 22.7 Å². The Labute approximate surface area is 660 Å². The number of nitrogens with zero attached hydrogens (tertiary/aromatic N) is 4. The maximum Gasteiger partial charge on any atom is 0.135 e. The average Bonchev–Trinajstić information content (AvgIpc) is 1.59. The molecular formula is C108H68N4OS. The predicted molar refractivity (Wildman–Crippen MR) is 483 cm³/mol. The summed E-state index contributed by atoms with van der Waals surface area (Å²) < 4.78 is 18.4. The van der Waals surface area contributed by atoms with Crippen molar-refractivity contribution < 1.29 is 4.42 Å². The molecule has 24 rings (SSSR count). The lowest BCUT2D eigenvalue weighted by atomic mass is 10.0. The van der Waals surface area contributed by atoms with E-state index in [4.69, 9.17) is 4.42 Å². The van der Waals surface area contributed by atoms with Crippen LogP contribution in [0, 0.1) is 0 Å². The van der Waals surface area contributed by atoms with E-state index in [1.807, 2.05) is 23.5 Å². The van der Waals surface area contributed by atoms with Crippen LogP contribution in [-0.2, 0) is 0 Å². The summed E-state index contributed by atoms with van der Waals surface area (Å²) in [7, 11) is 0. The van der Waals surface area contributed by atoms with Gasteiger partial charge in [-0.05, 0) is 212 Å². The zero-order chi connectivity index (χ0) is 74.9. The van der Waals surface area contributed by atoms with Crippen LogP contribution in [0.2, 0.25) is 0 Å². The second-order valence-electron chi connectivity index (χ2n) is 29.9. The van der Waals surface area contributed by atoms with Crippen LogP contribution in [0.5, 0.6) is 0 Å². The number of rotatable bonds is 10. The summed E-state index contributed by atoms with van der Waals surface area (Å²) in [6, 6.07) is 150. The SMILES string of the molecule is c1ccc(-c2cccc(-n3c4ccccc4c4cc(-c5ccc6c(c5)c5ccccc5n6-c5ccc(-c6ccc7oc8ccccc8c7c6)cc5)ccc43)c2)cc1.c1ccc(-c2cccc(-n3c4ccccc4c4cc(-c5ccc6c(c5)c5ccccc5n6-c5ccc(-c6cccc7c6sc6ccccc67)cc5)ccc43)c2)cc1. The van der Waals surface area contributed by atoms with Gasteiger partial charge in [0.05, 0.1) is 44.1 Å². The number of thiophene rings is 1. The maximum atomic E-state index is 6.10. The third-order valence-electron chi connectivity index (χ3n) is 23.5. The van der Waals surface area contributed by atoms with Crippen LogP contribution >= 0.6 is 11.3 Å². The van der Waals surface area contributed by atoms with Crippen LogP contribution in [0.15, 0.2) is 417 Å². The van der Waals surface area contributed by atoms with Crippen LogP contribution in [0.25, 0.3) is 219 Å². The molecule has 0 atom stereocenters. The molecule has 0 amide bonds. The van der Waals surface area contributed by atoms with Crippen molar-refractivity contribution in [1.29, 1.82) is 0 Å². The highest BCUT2D eigenvalue weighted by Gasteiger charge is 2.22. The summed E-state index contributed by atoms with van der Waals surface area (Å²) in [5, 5.41) is 14.9. The largest absolute Gasteiger partial charge is 0.456 e. The normalized spacial score (nSPS) is 11.9. The number of hydrogen-bond donors (Lipinski definition) is 0. The highest BCUT2D eigenvalue weighted by atomic mass is 32.1. The predicted octanol–water partition coefficient (Wildman–Crippen LogP) is 30.0. The van der Waals surface area contributed by atoms with Crippen molar-refractivity contribution in [2.75, 3.05) is 0 Å². The quantitative estimate of drug-likeness (QED) is 0.134. The molecule has 0 aliphatic rings. The molecule has 6 heterocycles. The smallest absolute Gasteiger partial charge is 0.135 e. The van der Waals surface area contributed by atoms with Crippen molar-refractivity contribution in [3.63, 3.8) is 0 Å². The standard InChI is InChI=1S/C54H34N2O.C54H34N2S/c1-2-11-35(12-3-1)37-13-10-14-42(31-37)56-50-19-8-5-16-44(50)47-33-40(24-29-52(47)56)39-23-28-51-46(32-39)43-15-4-7-18-49(43)55(51)41-26-21-36(22-27-41)38-25-30-54-48(34-38)45-17-6-9-20-53(45)57-54;1-2-12-35(13-3-1)37-14-10-15-41(32-37)56-50-22-8-5-17-44(50)48-34-39(27-31-52(48)56)38-26-30-51-47(33-38)43-16-4-7-21-49(43)55(51)40-28-24-36(25-29-40)42-19-11-20-46-45-18-6-9-23-53(45)57-54(42)46/h2*1-34H. The second-order valence-corrected chi connectivity index (χ2v) is 30.9. The van der Waals surface area contributed by atoms with Crippen molar-refractivity contribution in [2.24, 2.45) is 0 Å². The first-order valence-corrected chi connectivity index (χ1v) is 39.8. The minimum Gasteiger partial charge on any atom is -0.456 e. The zero-order valence-electron chi connectivity index (χ0n) is 61.9. The van der Waals surface area contributed by atoms with Crippen molar-refractivity contribution in [2.45, 2.75) is 0 Å². The monoisotopic (exact) mass is 1470 g/mol. The third kappa shape index (κ3) is 10.7. The molecule has 0 aliphatic heterocycles. The minimum absolute atomic E-state index is 0.915. The molecular weight excluding hydrogens is 1400 g/mol. The van der Waals surface area contributed by atoms with E-state index in [0.29, 0.717) is 0 Å². The number of furan rings is 1. The summed E-state index contributed by atoms with van der Waals surface area (Å²) in [6.07, 6.45) is 0. The molecule has 6 aromatic heterocycles. The maximum absolute atomic E-state index is 6.10. The summed E-state index contributed by atoms with van der Waals surface area (Å²) in [4.78, 5) is 0. The van der Waals surface area contributed by atoms with Crippen LogP contribution < -0.4 is 0 Å². The molecule has 0 unspecified atom stereocenters. The molecule has 0 spiro atoms. The van der Waals surface area contributed by atoms with Gasteiger partial charge in [0.2, 0.25) is 0 Å². The molecule has 18 aromatic carbocycles. The highest BCUT2D eigenvalue weighted by Crippen LogP contribution is 2.45. The van der Waals surface area contributed by atoms with E-state index in [9.17, 15) is 0 Å². The van der Waals surface area contributed by atoms with E-state index in [1.54, 1.807) is 0 Å². The summed E-state index contributed by atoms with van der Waals surface area (Å²) in [5.74, 6) is 0. The van der Waals surface area contributed by atoms with E-state index in [0.717, 1.165) is 44.7 Å². The van der Waals surface area contributed by atoms with E-state index in [-0.39, 0.29) is 0 Å². The number of hydrogen-bond acceptors (Lipinski definition) is 2. The van der Waals surface area contributed by atoms with Gasteiger partial charge in [0.15, 0.2) is 0 Å². The lowest BCUT2D eigenvalue weighted by molar-refractivity contribution is 0.669. The van der Waals surface area contributed by atoms with Gasteiger partial charge >= 0.3 is 0 Å². The van der Waals surface area contributed by atoms with Crippen LogP contribution in [0.3, 0.4) is 0 Å². The van der Waals surface area contributed by atoms with E-state index >= 15 is 0 Å². The molecule has 0 saturated carbocycles. The lowest BCUT2D eigenvalue weighted by Gasteiger charge is -2.11. The zero-order valence-corrected chi connectivity index (χ0v) is 62.7. The fraction of sp³-hybridized carbons (Fsp3) is 0. The molecule has 0 saturated heterocycles. The third-order valence-corrected chi connectivity index (χ3v) is 24.7. The number of fused-ring (bicyclic) bond motifs is 18. The average molecular weight is 1470 g/mol. The second kappa shape index (κ2) is 26.5. The highest BCUT2D eigenvalue weighted by molar-refractivity contribution is 7.26. The number of aromatic nitrogens is 4. The molecule has 0 fully saturated rings. The Balaban J connectivity index is 0.000000135. The Bertz CT molecular complexity index is 7950. The molecule has 24 aromatic rings. The molecule has 114 heavy (non-hydrogen) atoms. The molecule has 0 aliphatic carbocycles. The van der Waals surface area contributed by atoms with Crippen LogP contribution in [0.4, 0.5) is 0 Å². The van der Waals surface area contributed by atoms with Crippen LogP contribution in [-0.4, -0.2) is 18.3 Å². The Morgan fingerprint density at radius 1 is 0.167 bits per heavy atom. The lowest BCUT2D eigenvalue weighted by Crippen LogP contribution is -1.94. The molecule has 0 radical (unpaired) electrons. The van der Waals surface area contributed by atoms with E-state index < -0.39 is 0 Å². The number of para-hydroxylation sites is 5. The Kier molecular flexibility index (Phi) is 15.1. The Morgan fingerprint density at radius 2 is 0.474 bits per heavy atom. The van der Waals surface area contributed by atoms with Gasteiger partial charge in [-0.15, -0.1) is 11.3 Å². The van der Waals surface area contributed by atoms with Gasteiger partial charge in [-0.2, -0.15) is 0 Å². The molecule has 0 bridgehead atoms. The fourth-order valence-electron chi connectivity index (χ4n) is 18.1. The van der Waals surface area contributed by atoms with Crippen molar-refractivity contribution in [3.05, 3.63) is 413 Å². The molecule has 532 valence electrons. The van der Waals surface area contributed by atoms with Gasteiger partial charge in [0.1, 0.15) is 11.2 Å². The van der Waals surface area contributed by atoms with E-state index in [2.05, 4.69) is 419 Å². The first-order valence-electron chi connectivity index (χ1n) is 39.0. The summed E-state index contributed by atoms with van der Waals surface area (Å²) in [6.45, 7) is 0. The van der Waals surface area contributed by atoms with Crippen molar-refractivity contribution in [1.82, 2.24) is 18.3 Å². The Morgan fingerprint density at radius 3 is 0.947 bits per heavy atom. The van der Waals surface area contributed by atoms with Gasteiger partial charge in [-0.1, -0.05) is 267 Å². The minimum atomic E-state index is 0.915. The van der Waals surface area contributed by atoms with Gasteiger partial charge in [0.25, 0.3) is 0 Å².